The smallest absolute Gasteiger partial charge is 0.339 e. The van der Waals surface area contributed by atoms with E-state index in [1.807, 2.05) is 31.2 Å². The lowest BCUT2D eigenvalue weighted by Crippen LogP contribution is -2.13. The molecule has 1 aromatic heterocycles. The molecule has 1 saturated carbocycles. The zero-order chi connectivity index (χ0) is 23.3. The molecule has 1 aliphatic rings. The fourth-order valence-corrected chi connectivity index (χ4v) is 4.41. The Balaban J connectivity index is 1.57. The number of nitrogens with one attached hydrogen (secondary N) is 2. The first-order valence-electron chi connectivity index (χ1n) is 11.6. The molecule has 2 N–H and O–H groups in total. The third-order valence-corrected chi connectivity index (χ3v) is 6.13. The van der Waals surface area contributed by atoms with Gasteiger partial charge in [-0.25, -0.2) is 4.98 Å². The fraction of sp³-hybridized carbons (Fsp3) is 0.385. The molecule has 0 aliphatic heterocycles. The van der Waals surface area contributed by atoms with E-state index in [0.29, 0.717) is 11.6 Å². The van der Waals surface area contributed by atoms with Crippen LogP contribution >= 0.6 is 0 Å². The van der Waals surface area contributed by atoms with Gasteiger partial charge in [0.05, 0.1) is 0 Å². The highest BCUT2D eigenvalue weighted by atomic mass is 19.4. The van der Waals surface area contributed by atoms with Gasteiger partial charge in [-0.05, 0) is 54.5 Å². The molecule has 0 atom stereocenters. The molecular formula is C26H29F3N4. The van der Waals surface area contributed by atoms with E-state index in [2.05, 4.69) is 32.7 Å². The van der Waals surface area contributed by atoms with Crippen LogP contribution in [0.2, 0.25) is 0 Å². The summed E-state index contributed by atoms with van der Waals surface area (Å²) < 4.78 is 40.9. The Hall–Kier alpha value is -3.09. The molecule has 0 spiro atoms. The van der Waals surface area contributed by atoms with Crippen molar-refractivity contribution in [3.05, 3.63) is 71.4 Å². The highest BCUT2D eigenvalue weighted by molar-refractivity contribution is 5.65. The molecule has 7 heteroatoms. The molecule has 174 valence electrons. The summed E-state index contributed by atoms with van der Waals surface area (Å²) in [5.41, 5.74) is 2.72. The van der Waals surface area contributed by atoms with Crippen molar-refractivity contribution in [1.29, 1.82) is 0 Å². The quantitative estimate of drug-likeness (QED) is 0.380. The predicted molar refractivity (Wildman–Crippen MR) is 126 cm³/mol. The summed E-state index contributed by atoms with van der Waals surface area (Å²) >= 11 is 0. The summed E-state index contributed by atoms with van der Waals surface area (Å²) in [5.74, 6) is 0.445. The molecule has 3 aromatic rings. The maximum absolute atomic E-state index is 13.6. The lowest BCUT2D eigenvalue weighted by Gasteiger charge is -2.22. The van der Waals surface area contributed by atoms with Crippen molar-refractivity contribution in [2.24, 2.45) is 0 Å². The summed E-state index contributed by atoms with van der Waals surface area (Å²) in [6.45, 7) is 2.03. The van der Waals surface area contributed by atoms with Crippen molar-refractivity contribution in [2.75, 3.05) is 10.6 Å². The molecule has 0 amide bonds. The molecule has 1 heterocycles. The number of halogens is 3. The number of alkyl halides is 3. The lowest BCUT2D eigenvalue weighted by atomic mass is 9.84. The number of hydrogen-bond acceptors (Lipinski definition) is 4. The van der Waals surface area contributed by atoms with Crippen molar-refractivity contribution >= 4 is 23.1 Å². The Morgan fingerprint density at radius 2 is 1.67 bits per heavy atom. The van der Waals surface area contributed by atoms with Gasteiger partial charge in [0.15, 0.2) is 0 Å². The van der Waals surface area contributed by atoms with Crippen LogP contribution in [0.25, 0.3) is 0 Å². The average molecular weight is 455 g/mol. The fourth-order valence-electron chi connectivity index (χ4n) is 4.41. The van der Waals surface area contributed by atoms with Crippen molar-refractivity contribution in [2.45, 2.75) is 64.0 Å². The highest BCUT2D eigenvalue weighted by Gasteiger charge is 2.35. The molecule has 1 fully saturated rings. The van der Waals surface area contributed by atoms with E-state index in [4.69, 9.17) is 0 Å². The number of para-hydroxylation sites is 1. The minimum atomic E-state index is -4.57. The SMILES string of the molecule is CCCc1ccccc1Nc1nc(Nc2ccc(C3CCCCC3)cc2)ncc1C(F)(F)F. The summed E-state index contributed by atoms with van der Waals surface area (Å²) in [7, 11) is 0. The molecule has 1 aliphatic carbocycles. The average Bonchev–Trinajstić information content (AvgIpc) is 2.81. The standard InChI is InChI=1S/C26H29F3N4/c1-2-8-20-11-6-7-12-23(20)32-24-22(26(27,28)29)17-30-25(33-24)31-21-15-13-19(14-16-21)18-9-4-3-5-10-18/h6-7,11-18H,2-5,8-10H2,1H3,(H2,30,31,32,33). The van der Waals surface area contributed by atoms with Gasteiger partial charge in [-0.2, -0.15) is 18.2 Å². The predicted octanol–water partition coefficient (Wildman–Crippen LogP) is 7.98. The Labute approximate surface area is 192 Å². The van der Waals surface area contributed by atoms with Gasteiger partial charge in [0.1, 0.15) is 11.4 Å². The normalized spacial score (nSPS) is 14.8. The van der Waals surface area contributed by atoms with Gasteiger partial charge in [0, 0.05) is 17.6 Å². The van der Waals surface area contributed by atoms with Crippen molar-refractivity contribution in [1.82, 2.24) is 9.97 Å². The zero-order valence-corrected chi connectivity index (χ0v) is 18.8. The van der Waals surface area contributed by atoms with Crippen molar-refractivity contribution < 1.29 is 13.2 Å². The number of benzene rings is 2. The van der Waals surface area contributed by atoms with Gasteiger partial charge in [0.2, 0.25) is 5.95 Å². The van der Waals surface area contributed by atoms with E-state index < -0.39 is 11.7 Å². The highest BCUT2D eigenvalue weighted by Crippen LogP contribution is 2.36. The maximum atomic E-state index is 13.6. The van der Waals surface area contributed by atoms with Crippen LogP contribution in [0.5, 0.6) is 0 Å². The third-order valence-electron chi connectivity index (χ3n) is 6.13. The topological polar surface area (TPSA) is 49.8 Å². The maximum Gasteiger partial charge on any atom is 0.421 e. The van der Waals surface area contributed by atoms with Crippen LogP contribution in [0.4, 0.5) is 36.3 Å². The first kappa shape index (κ1) is 23.1. The van der Waals surface area contributed by atoms with Crippen LogP contribution < -0.4 is 10.6 Å². The minimum Gasteiger partial charge on any atom is -0.339 e. The van der Waals surface area contributed by atoms with Crippen LogP contribution in [-0.2, 0) is 12.6 Å². The monoisotopic (exact) mass is 454 g/mol. The van der Waals surface area contributed by atoms with Gasteiger partial charge in [-0.15, -0.1) is 0 Å². The second-order valence-corrected chi connectivity index (χ2v) is 8.57. The van der Waals surface area contributed by atoms with Crippen LogP contribution in [0.3, 0.4) is 0 Å². The number of aryl methyl sites for hydroxylation is 1. The Morgan fingerprint density at radius 3 is 2.36 bits per heavy atom. The van der Waals surface area contributed by atoms with Gasteiger partial charge in [-0.3, -0.25) is 0 Å². The molecule has 0 unspecified atom stereocenters. The molecule has 2 aromatic carbocycles. The Morgan fingerprint density at radius 1 is 0.939 bits per heavy atom. The Kier molecular flexibility index (Phi) is 7.16. The van der Waals surface area contributed by atoms with E-state index in [1.165, 1.54) is 37.7 Å². The lowest BCUT2D eigenvalue weighted by molar-refractivity contribution is -0.137. The molecular weight excluding hydrogens is 425 g/mol. The zero-order valence-electron chi connectivity index (χ0n) is 18.8. The minimum absolute atomic E-state index is 0.115. The van der Waals surface area contributed by atoms with Crippen molar-refractivity contribution in [3.8, 4) is 0 Å². The van der Waals surface area contributed by atoms with Crippen LogP contribution in [0.1, 0.15) is 68.1 Å². The molecule has 0 radical (unpaired) electrons. The van der Waals surface area contributed by atoms with E-state index in [9.17, 15) is 13.2 Å². The van der Waals surface area contributed by atoms with Gasteiger partial charge in [0.25, 0.3) is 0 Å². The second-order valence-electron chi connectivity index (χ2n) is 8.57. The number of rotatable bonds is 7. The van der Waals surface area contributed by atoms with E-state index in [1.54, 1.807) is 12.1 Å². The first-order chi connectivity index (χ1) is 15.9. The van der Waals surface area contributed by atoms with E-state index in [-0.39, 0.29) is 11.8 Å². The summed E-state index contributed by atoms with van der Waals surface area (Å²) in [4.78, 5) is 8.12. The number of aromatic nitrogens is 2. The largest absolute Gasteiger partial charge is 0.421 e. The molecule has 33 heavy (non-hydrogen) atoms. The number of hydrogen-bond donors (Lipinski definition) is 2. The van der Waals surface area contributed by atoms with Crippen LogP contribution in [-0.4, -0.2) is 9.97 Å². The third kappa shape index (κ3) is 5.83. The molecule has 0 saturated heterocycles. The van der Waals surface area contributed by atoms with Gasteiger partial charge >= 0.3 is 6.18 Å². The Bertz CT molecular complexity index is 1060. The summed E-state index contributed by atoms with van der Waals surface area (Å²) in [5, 5.41) is 5.95. The van der Waals surface area contributed by atoms with E-state index >= 15 is 0 Å². The molecule has 4 rings (SSSR count). The number of anilines is 4. The van der Waals surface area contributed by atoms with Crippen LogP contribution in [0.15, 0.2) is 54.7 Å². The second kappa shape index (κ2) is 10.2. The first-order valence-corrected chi connectivity index (χ1v) is 11.6. The van der Waals surface area contributed by atoms with Crippen molar-refractivity contribution in [3.63, 3.8) is 0 Å². The van der Waals surface area contributed by atoms with Gasteiger partial charge < -0.3 is 10.6 Å². The summed E-state index contributed by atoms with van der Waals surface area (Å²) in [6, 6.07) is 15.4. The summed E-state index contributed by atoms with van der Waals surface area (Å²) in [6.07, 6.45) is 4.17. The van der Waals surface area contributed by atoms with Gasteiger partial charge in [-0.1, -0.05) is 62.9 Å². The molecule has 4 nitrogen and oxygen atoms in total. The molecule has 0 bridgehead atoms. The van der Waals surface area contributed by atoms with Crippen LogP contribution in [0, 0.1) is 0 Å². The van der Waals surface area contributed by atoms with E-state index in [0.717, 1.165) is 30.3 Å². The number of nitrogens with zero attached hydrogens (tertiary/aromatic N) is 2.